The third kappa shape index (κ3) is 15.2. The van der Waals surface area contributed by atoms with Crippen molar-refractivity contribution >= 4 is 28.0 Å². The van der Waals surface area contributed by atoms with E-state index in [1.165, 1.54) is 43.2 Å². The van der Waals surface area contributed by atoms with Crippen LogP contribution in [0.25, 0.3) is 0 Å². The van der Waals surface area contributed by atoms with E-state index in [1.807, 2.05) is 18.5 Å². The molecule has 0 amide bonds. The number of alkyl halides is 24. The van der Waals surface area contributed by atoms with Gasteiger partial charge in [-0.1, -0.05) is 110 Å². The monoisotopic (exact) mass is 1210 g/mol. The van der Waals surface area contributed by atoms with E-state index < -0.39 is 195 Å². The van der Waals surface area contributed by atoms with Crippen molar-refractivity contribution < 1.29 is 115 Å². The quantitative estimate of drug-likeness (QED) is 0.0818. The highest BCUT2D eigenvalue weighted by Gasteiger charge is 2.47. The molecule has 0 atom stereocenters. The lowest BCUT2D eigenvalue weighted by Crippen LogP contribution is -2.75. The van der Waals surface area contributed by atoms with Crippen LogP contribution in [0.4, 0.5) is 105 Å². The number of nitrogens with zero attached hydrogens (tertiary/aromatic N) is 2. The van der Waals surface area contributed by atoms with Gasteiger partial charge in [-0.25, -0.2) is 4.98 Å². The number of aromatic nitrogens is 2. The van der Waals surface area contributed by atoms with Crippen molar-refractivity contribution in [3.63, 3.8) is 0 Å². The van der Waals surface area contributed by atoms with Crippen LogP contribution in [0.3, 0.4) is 0 Å². The molecule has 1 heterocycles. The highest BCUT2D eigenvalue weighted by molar-refractivity contribution is 7.20. The predicted molar refractivity (Wildman–Crippen MR) is 252 cm³/mol. The lowest BCUT2D eigenvalue weighted by atomic mass is 9.12. The highest BCUT2D eigenvalue weighted by atomic mass is 19.4. The van der Waals surface area contributed by atoms with E-state index >= 15 is 0 Å². The summed E-state index contributed by atoms with van der Waals surface area (Å²) < 4.78 is 349. The standard InChI is InChI=1S/C32H12BF24.C23H25N2O/c34-25(35,36)13-1-14(26(37,38)39)6-21(5-13)33(22-7-15(27(40,41)42)2-16(8-22)28(43,44)45,23-9-17(29(46,47)48)3-18(10-23)30(49,50)51)24-11-19(31(52,53)54)4-20(12-24)32(55,56)57;1-3-7-19(8-4-1)17-25-16-15-24-23(18-25)26-22-13-11-21(12-14-22)20-9-5-2-6-10-20/h1-12H;1,3-4,7-8,11-16,18,20H,2,5-6,9-10,17H2/q-1;+1. The summed E-state index contributed by atoms with van der Waals surface area (Å²) >= 11 is 0. The van der Waals surface area contributed by atoms with Crippen molar-refractivity contribution in [3.05, 3.63) is 202 Å². The van der Waals surface area contributed by atoms with Gasteiger partial charge >= 0.3 is 49.4 Å². The van der Waals surface area contributed by atoms with Crippen LogP contribution in [0.5, 0.6) is 11.6 Å². The summed E-state index contributed by atoms with van der Waals surface area (Å²) in [4.78, 5) is 4.35. The molecule has 28 heteroatoms. The average Bonchev–Trinajstić information content (AvgIpc) is 1.02. The van der Waals surface area contributed by atoms with Crippen molar-refractivity contribution in [3.8, 4) is 11.6 Å². The van der Waals surface area contributed by atoms with Gasteiger partial charge in [-0.2, -0.15) is 132 Å². The number of hydrogen-bond donors (Lipinski definition) is 0. The van der Waals surface area contributed by atoms with Crippen LogP contribution in [0.1, 0.15) is 93.7 Å². The molecule has 1 aliphatic carbocycles. The maximum Gasteiger partial charge on any atom is 0.416 e. The minimum Gasteiger partial charge on any atom is -0.434 e. The smallest absolute Gasteiger partial charge is 0.416 e. The summed E-state index contributed by atoms with van der Waals surface area (Å²) in [6.45, 7) is 0.806. The van der Waals surface area contributed by atoms with Crippen molar-refractivity contribution in [1.29, 1.82) is 0 Å². The lowest BCUT2D eigenvalue weighted by Gasteiger charge is -2.46. The fourth-order valence-electron chi connectivity index (χ4n) is 9.79. The first-order valence-electron chi connectivity index (χ1n) is 24.2. The number of benzene rings is 6. The molecule has 0 bridgehead atoms. The van der Waals surface area contributed by atoms with Crippen molar-refractivity contribution in [2.75, 3.05) is 0 Å². The third-order valence-electron chi connectivity index (χ3n) is 13.6. The minimum absolute atomic E-state index is 0.619. The van der Waals surface area contributed by atoms with Crippen LogP contribution in [0.15, 0.2) is 146 Å². The van der Waals surface area contributed by atoms with Gasteiger partial charge in [-0.3, -0.25) is 0 Å². The largest absolute Gasteiger partial charge is 0.434 e. The van der Waals surface area contributed by atoms with Crippen LogP contribution in [0, 0.1) is 0 Å². The van der Waals surface area contributed by atoms with Gasteiger partial charge in [-0.05, 0) is 60.7 Å². The molecule has 7 aromatic rings. The maximum atomic E-state index is 14.2. The molecule has 0 saturated heterocycles. The van der Waals surface area contributed by atoms with E-state index in [4.69, 9.17) is 4.74 Å². The van der Waals surface area contributed by atoms with E-state index in [1.54, 1.807) is 6.20 Å². The predicted octanol–water partition coefficient (Wildman–Crippen LogP) is 16.5. The Kier molecular flexibility index (Phi) is 17.5. The number of hydrogen-bond acceptors (Lipinski definition) is 2. The van der Waals surface area contributed by atoms with Gasteiger partial charge in [0.2, 0.25) is 6.20 Å². The summed E-state index contributed by atoms with van der Waals surface area (Å²) in [7, 11) is 0. The Hall–Kier alpha value is -7.42. The summed E-state index contributed by atoms with van der Waals surface area (Å²) in [5.41, 5.74) is -27.5. The summed E-state index contributed by atoms with van der Waals surface area (Å²) in [5, 5.41) is 0. The van der Waals surface area contributed by atoms with Gasteiger partial charge in [0.25, 0.3) is 5.88 Å². The first-order valence-corrected chi connectivity index (χ1v) is 24.2. The van der Waals surface area contributed by atoms with Crippen LogP contribution in [-0.4, -0.2) is 11.1 Å². The second-order valence-electron chi connectivity index (χ2n) is 19.3. The van der Waals surface area contributed by atoms with Gasteiger partial charge in [0.15, 0.2) is 12.7 Å². The normalized spacial score (nSPS) is 14.5. The van der Waals surface area contributed by atoms with Crippen LogP contribution < -0.4 is 31.2 Å². The topological polar surface area (TPSA) is 26.0 Å². The third-order valence-corrected chi connectivity index (χ3v) is 13.6. The zero-order chi connectivity index (χ0) is 61.5. The van der Waals surface area contributed by atoms with Crippen LogP contribution in [0.2, 0.25) is 0 Å². The van der Waals surface area contributed by atoms with Crippen molar-refractivity contribution in [2.24, 2.45) is 0 Å². The fraction of sp³-hybridized carbons (Fsp3) is 0.273. The van der Waals surface area contributed by atoms with E-state index in [0.29, 0.717) is 5.88 Å². The molecule has 0 aliphatic heterocycles. The van der Waals surface area contributed by atoms with E-state index in [2.05, 4.69) is 58.1 Å². The molecule has 8 rings (SSSR count). The second kappa shape index (κ2) is 23.0. The van der Waals surface area contributed by atoms with Crippen molar-refractivity contribution in [1.82, 2.24) is 4.98 Å². The summed E-state index contributed by atoms with van der Waals surface area (Å²) in [6.07, 6.45) is -42.4. The van der Waals surface area contributed by atoms with E-state index in [9.17, 15) is 105 Å². The molecule has 1 aliphatic rings. The van der Waals surface area contributed by atoms with Crippen LogP contribution in [-0.2, 0) is 56.0 Å². The molecule has 0 radical (unpaired) electrons. The molecule has 1 fully saturated rings. The Morgan fingerprint density at radius 1 is 0.398 bits per heavy atom. The molecule has 1 aromatic heterocycles. The summed E-state index contributed by atoms with van der Waals surface area (Å²) in [6, 6.07) is 10.2. The first kappa shape index (κ1) is 63.2. The molecular formula is C55H37BF24N2O. The number of halogens is 24. The molecule has 444 valence electrons. The molecule has 0 N–H and O–H groups in total. The van der Waals surface area contributed by atoms with Gasteiger partial charge in [0.05, 0.1) is 50.7 Å². The number of rotatable bonds is 9. The molecular weight excluding hydrogens is 1170 g/mol. The fourth-order valence-corrected chi connectivity index (χ4v) is 9.79. The van der Waals surface area contributed by atoms with Crippen LogP contribution >= 0.6 is 0 Å². The molecule has 1 saturated carbocycles. The average molecular weight is 1210 g/mol. The van der Waals surface area contributed by atoms with Gasteiger partial charge < -0.3 is 4.74 Å². The zero-order valence-corrected chi connectivity index (χ0v) is 41.6. The lowest BCUT2D eigenvalue weighted by molar-refractivity contribution is -0.689. The molecule has 3 nitrogen and oxygen atoms in total. The summed E-state index contributed by atoms with van der Waals surface area (Å²) in [5.74, 6) is 2.18. The van der Waals surface area contributed by atoms with Gasteiger partial charge in [-0.15, -0.1) is 0 Å². The number of ether oxygens (including phenoxy) is 1. The van der Waals surface area contributed by atoms with E-state index in [-0.39, 0.29) is 0 Å². The highest BCUT2D eigenvalue weighted by Crippen LogP contribution is 2.42. The zero-order valence-electron chi connectivity index (χ0n) is 41.6. The SMILES string of the molecule is FC(F)(F)c1cc([B-](c2cc(C(F)(F)F)cc(C(F)(F)F)c2)(c2cc(C(F)(F)F)cc(C(F)(F)F)c2)c2cc(C(F)(F)F)cc(C(F)(F)F)c2)cc(C(F)(F)F)c1.c1ccc(C[n+]2ccnc(Oc3ccc(C4CCCCC4)cc3)c2)cc1. The minimum atomic E-state index is -6.13. The molecule has 0 unspecified atom stereocenters. The Bertz CT molecular complexity index is 2950. The molecule has 6 aromatic carbocycles. The Balaban J connectivity index is 0.000000313. The second-order valence-corrected chi connectivity index (χ2v) is 19.3. The van der Waals surface area contributed by atoms with Gasteiger partial charge in [0, 0.05) is 5.56 Å². The Morgan fingerprint density at radius 2 is 0.711 bits per heavy atom. The maximum absolute atomic E-state index is 14.2. The van der Waals surface area contributed by atoms with Crippen molar-refractivity contribution in [2.45, 2.75) is 94.0 Å². The van der Waals surface area contributed by atoms with Gasteiger partial charge in [0.1, 0.15) is 11.9 Å². The Morgan fingerprint density at radius 3 is 1.01 bits per heavy atom. The van der Waals surface area contributed by atoms with E-state index in [0.717, 1.165) is 18.2 Å². The molecule has 0 spiro atoms. The molecule has 83 heavy (non-hydrogen) atoms. The Labute approximate surface area is 454 Å². The first-order chi connectivity index (χ1) is 38.1.